The summed E-state index contributed by atoms with van der Waals surface area (Å²) in [7, 11) is 0. The Bertz CT molecular complexity index is 215. The van der Waals surface area contributed by atoms with Crippen LogP contribution in [0, 0.1) is 0 Å². The van der Waals surface area contributed by atoms with Crippen molar-refractivity contribution in [2.75, 3.05) is 39.3 Å². The van der Waals surface area contributed by atoms with Gasteiger partial charge in [-0.05, 0) is 25.9 Å². The van der Waals surface area contributed by atoms with Crippen LogP contribution in [0.5, 0.6) is 0 Å². The highest BCUT2D eigenvalue weighted by atomic mass is 15.1. The number of hydrogen-bond donors (Lipinski definition) is 2. The largest absolute Gasteiger partial charge is 0.329 e. The highest BCUT2D eigenvalue weighted by Crippen LogP contribution is 2.10. The summed E-state index contributed by atoms with van der Waals surface area (Å²) in [6.45, 7) is 11.1. The minimum Gasteiger partial charge on any atom is -0.329 e. The van der Waals surface area contributed by atoms with Crippen molar-refractivity contribution in [1.29, 1.82) is 0 Å². The van der Waals surface area contributed by atoms with Gasteiger partial charge in [0.05, 0.1) is 0 Å². The van der Waals surface area contributed by atoms with E-state index in [1.165, 1.54) is 110 Å². The zero-order valence-electron chi connectivity index (χ0n) is 17.7. The molecule has 0 aliphatic rings. The average Bonchev–Trinajstić information content (AvgIpc) is 2.63. The Morgan fingerprint density at radius 3 is 1.44 bits per heavy atom. The normalized spacial score (nSPS) is 11.5. The summed E-state index contributed by atoms with van der Waals surface area (Å²) in [5.74, 6) is 0. The van der Waals surface area contributed by atoms with Gasteiger partial charge >= 0.3 is 0 Å². The summed E-state index contributed by atoms with van der Waals surface area (Å²) in [5, 5.41) is 3.45. The Kier molecular flexibility index (Phi) is 21.8. The summed E-state index contributed by atoms with van der Waals surface area (Å²) in [4.78, 5) is 2.68. The molecule has 0 unspecified atom stereocenters. The molecule has 0 atom stereocenters. The molecule has 0 bridgehead atoms. The number of nitrogens with zero attached hydrogens (tertiary/aromatic N) is 1. The Morgan fingerprint density at radius 1 is 0.560 bits per heavy atom. The van der Waals surface area contributed by atoms with Crippen molar-refractivity contribution >= 4 is 0 Å². The van der Waals surface area contributed by atoms with E-state index in [4.69, 9.17) is 5.73 Å². The van der Waals surface area contributed by atoms with Crippen LogP contribution in [0.1, 0.15) is 104 Å². The van der Waals surface area contributed by atoms with Gasteiger partial charge in [0.2, 0.25) is 0 Å². The summed E-state index contributed by atoms with van der Waals surface area (Å²) in [5.41, 5.74) is 5.57. The molecular weight excluding hydrogens is 306 g/mol. The average molecular weight is 356 g/mol. The molecule has 0 saturated carbocycles. The van der Waals surface area contributed by atoms with Crippen LogP contribution in [-0.2, 0) is 0 Å². The molecule has 0 aromatic carbocycles. The quantitative estimate of drug-likeness (QED) is 0.273. The van der Waals surface area contributed by atoms with Gasteiger partial charge in [0.25, 0.3) is 0 Å². The smallest absolute Gasteiger partial charge is 0.0107 e. The third-order valence-electron chi connectivity index (χ3n) is 5.08. The van der Waals surface area contributed by atoms with Crippen LogP contribution in [-0.4, -0.2) is 44.2 Å². The molecule has 25 heavy (non-hydrogen) atoms. The van der Waals surface area contributed by atoms with Crippen LogP contribution in [0.15, 0.2) is 0 Å². The van der Waals surface area contributed by atoms with Gasteiger partial charge in [-0.15, -0.1) is 0 Å². The van der Waals surface area contributed by atoms with E-state index in [1.807, 2.05) is 0 Å². The first-order valence-corrected chi connectivity index (χ1v) is 11.5. The molecule has 0 aromatic rings. The second-order valence-electron chi connectivity index (χ2n) is 7.62. The maximum atomic E-state index is 5.57. The molecule has 0 heterocycles. The van der Waals surface area contributed by atoms with E-state index in [0.29, 0.717) is 0 Å². The fourth-order valence-corrected chi connectivity index (χ4v) is 3.38. The third-order valence-corrected chi connectivity index (χ3v) is 5.08. The van der Waals surface area contributed by atoms with Gasteiger partial charge < -0.3 is 16.0 Å². The maximum Gasteiger partial charge on any atom is 0.0107 e. The van der Waals surface area contributed by atoms with Crippen molar-refractivity contribution < 1.29 is 0 Å². The van der Waals surface area contributed by atoms with Crippen LogP contribution in [0.3, 0.4) is 0 Å². The Labute approximate surface area is 159 Å². The fourth-order valence-electron chi connectivity index (χ4n) is 3.38. The third kappa shape index (κ3) is 20.0. The molecule has 0 aromatic heterocycles. The predicted octanol–water partition coefficient (Wildman–Crippen LogP) is 5.34. The minimum atomic E-state index is 0.746. The van der Waals surface area contributed by atoms with E-state index in [9.17, 15) is 0 Å². The summed E-state index contributed by atoms with van der Waals surface area (Å²) < 4.78 is 0. The van der Waals surface area contributed by atoms with Crippen molar-refractivity contribution in [3.05, 3.63) is 0 Å². The van der Waals surface area contributed by atoms with Gasteiger partial charge in [0, 0.05) is 26.2 Å². The van der Waals surface area contributed by atoms with Crippen molar-refractivity contribution in [2.24, 2.45) is 5.73 Å². The van der Waals surface area contributed by atoms with Crippen molar-refractivity contribution in [3.63, 3.8) is 0 Å². The Hall–Kier alpha value is -0.120. The van der Waals surface area contributed by atoms with Crippen molar-refractivity contribution in [1.82, 2.24) is 10.2 Å². The van der Waals surface area contributed by atoms with E-state index in [-0.39, 0.29) is 0 Å². The molecule has 0 saturated heterocycles. The summed E-state index contributed by atoms with van der Waals surface area (Å²) in [6, 6.07) is 0. The molecular formula is C22H49N3. The summed E-state index contributed by atoms with van der Waals surface area (Å²) >= 11 is 0. The molecule has 3 N–H and O–H groups in total. The molecule has 0 aliphatic heterocycles. The van der Waals surface area contributed by atoms with Crippen molar-refractivity contribution in [3.8, 4) is 0 Å². The number of nitrogens with two attached hydrogens (primary N) is 1. The molecule has 0 radical (unpaired) electrons. The molecule has 0 amide bonds. The Morgan fingerprint density at radius 2 is 1.00 bits per heavy atom. The first-order chi connectivity index (χ1) is 12.3. The maximum absolute atomic E-state index is 5.57. The van der Waals surface area contributed by atoms with E-state index >= 15 is 0 Å². The SMILES string of the molecule is CCCCCCCCCN(CCCCCCCCC)CCNCCN. The van der Waals surface area contributed by atoms with Crippen molar-refractivity contribution in [2.45, 2.75) is 104 Å². The van der Waals surface area contributed by atoms with Crippen LogP contribution in [0.4, 0.5) is 0 Å². The fraction of sp³-hybridized carbons (Fsp3) is 1.00. The minimum absolute atomic E-state index is 0.746. The van der Waals surface area contributed by atoms with Gasteiger partial charge in [-0.25, -0.2) is 0 Å². The zero-order chi connectivity index (χ0) is 18.4. The highest BCUT2D eigenvalue weighted by Gasteiger charge is 2.04. The van der Waals surface area contributed by atoms with E-state index in [0.717, 1.165) is 19.6 Å². The molecule has 152 valence electrons. The monoisotopic (exact) mass is 355 g/mol. The lowest BCUT2D eigenvalue weighted by Gasteiger charge is -2.22. The first-order valence-electron chi connectivity index (χ1n) is 11.5. The molecule has 0 aliphatic carbocycles. The second kappa shape index (κ2) is 21.9. The topological polar surface area (TPSA) is 41.3 Å². The standard InChI is InChI=1S/C22H49N3/c1-3-5-7-9-11-13-15-20-25(22-19-24-18-17-23)21-16-14-12-10-8-6-4-2/h24H,3-23H2,1-2H3. The molecule has 0 fully saturated rings. The van der Waals surface area contributed by atoms with E-state index in [1.54, 1.807) is 0 Å². The molecule has 3 nitrogen and oxygen atoms in total. The van der Waals surface area contributed by atoms with Gasteiger partial charge in [-0.2, -0.15) is 0 Å². The number of nitrogens with one attached hydrogen (secondary N) is 1. The lowest BCUT2D eigenvalue weighted by Crippen LogP contribution is -2.35. The van der Waals surface area contributed by atoms with E-state index in [2.05, 4.69) is 24.1 Å². The van der Waals surface area contributed by atoms with Gasteiger partial charge in [-0.3, -0.25) is 0 Å². The number of hydrogen-bond acceptors (Lipinski definition) is 3. The molecule has 0 rings (SSSR count). The lowest BCUT2D eigenvalue weighted by atomic mass is 10.1. The van der Waals surface area contributed by atoms with Gasteiger partial charge in [-0.1, -0.05) is 90.9 Å². The van der Waals surface area contributed by atoms with Gasteiger partial charge in [0.15, 0.2) is 0 Å². The predicted molar refractivity (Wildman–Crippen MR) is 114 cm³/mol. The summed E-state index contributed by atoms with van der Waals surface area (Å²) in [6.07, 6.45) is 19.7. The first kappa shape index (κ1) is 24.9. The van der Waals surface area contributed by atoms with Crippen LogP contribution in [0.2, 0.25) is 0 Å². The van der Waals surface area contributed by atoms with E-state index < -0.39 is 0 Å². The zero-order valence-corrected chi connectivity index (χ0v) is 17.7. The lowest BCUT2D eigenvalue weighted by molar-refractivity contribution is 0.260. The molecule has 3 heteroatoms. The second-order valence-corrected chi connectivity index (χ2v) is 7.62. The van der Waals surface area contributed by atoms with Crippen LogP contribution >= 0.6 is 0 Å². The molecule has 0 spiro atoms. The Balaban J connectivity index is 3.71. The number of rotatable bonds is 21. The van der Waals surface area contributed by atoms with Crippen LogP contribution < -0.4 is 11.1 Å². The highest BCUT2D eigenvalue weighted by molar-refractivity contribution is 4.62. The van der Waals surface area contributed by atoms with Crippen LogP contribution in [0.25, 0.3) is 0 Å². The number of unbranched alkanes of at least 4 members (excludes halogenated alkanes) is 12. The van der Waals surface area contributed by atoms with Gasteiger partial charge in [0.1, 0.15) is 0 Å².